The first-order valence-corrected chi connectivity index (χ1v) is 11.5. The molecule has 2 aliphatic heterocycles. The molecule has 7 heteroatoms. The van der Waals surface area contributed by atoms with Crippen LogP contribution in [-0.2, 0) is 9.47 Å². The van der Waals surface area contributed by atoms with Crippen molar-refractivity contribution in [2.75, 3.05) is 39.9 Å². The molecule has 2 heterocycles. The van der Waals surface area contributed by atoms with Crippen molar-refractivity contribution < 1.29 is 9.47 Å². The third-order valence-electron chi connectivity index (χ3n) is 6.09. The van der Waals surface area contributed by atoms with Gasteiger partial charge in [-0.25, -0.2) is 0 Å². The molecule has 0 amide bonds. The SMILES string of the molecule is CN=C(NCC(C)(C)NC(C)c1ccccc1)N1CCC(OCC2CCCO2)CC1.I. The number of hydrogen-bond acceptors (Lipinski definition) is 4. The van der Waals surface area contributed by atoms with Crippen molar-refractivity contribution >= 4 is 29.9 Å². The molecule has 0 bridgehead atoms. The van der Waals surface area contributed by atoms with Gasteiger partial charge in [0.25, 0.3) is 0 Å². The molecule has 1 aromatic rings. The first-order chi connectivity index (χ1) is 14.5. The summed E-state index contributed by atoms with van der Waals surface area (Å²) in [5, 5.41) is 7.32. The van der Waals surface area contributed by atoms with Crippen molar-refractivity contribution in [1.82, 2.24) is 15.5 Å². The maximum atomic E-state index is 6.11. The lowest BCUT2D eigenvalue weighted by Crippen LogP contribution is -2.54. The number of benzene rings is 1. The maximum absolute atomic E-state index is 6.11. The van der Waals surface area contributed by atoms with E-state index in [2.05, 4.69) is 71.6 Å². The largest absolute Gasteiger partial charge is 0.376 e. The van der Waals surface area contributed by atoms with Crippen LogP contribution in [0.25, 0.3) is 0 Å². The van der Waals surface area contributed by atoms with Gasteiger partial charge in [0.15, 0.2) is 5.96 Å². The van der Waals surface area contributed by atoms with Crippen LogP contribution in [0.3, 0.4) is 0 Å². The number of nitrogens with one attached hydrogen (secondary N) is 2. The average Bonchev–Trinajstić information content (AvgIpc) is 3.27. The predicted molar refractivity (Wildman–Crippen MR) is 138 cm³/mol. The standard InChI is InChI=1S/C24H40N4O2.HI/c1-19(20-9-6-5-7-10-20)27-24(2,3)18-26-23(25-4)28-14-12-21(13-15-28)30-17-22-11-8-16-29-22;/h5-7,9-10,19,21-22,27H,8,11-18H2,1-4H3,(H,25,26);1H. The van der Waals surface area contributed by atoms with Gasteiger partial charge in [0.1, 0.15) is 0 Å². The molecule has 2 fully saturated rings. The van der Waals surface area contributed by atoms with Gasteiger partial charge >= 0.3 is 0 Å². The van der Waals surface area contributed by atoms with Crippen molar-refractivity contribution in [2.24, 2.45) is 4.99 Å². The summed E-state index contributed by atoms with van der Waals surface area (Å²) in [7, 11) is 1.87. The Morgan fingerprint density at radius 3 is 2.55 bits per heavy atom. The zero-order chi connectivity index (χ0) is 21.4. The number of aliphatic imine (C=N–C) groups is 1. The molecule has 0 aliphatic carbocycles. The lowest BCUT2D eigenvalue weighted by Gasteiger charge is -2.36. The normalized spacial score (nSPS) is 21.6. The summed E-state index contributed by atoms with van der Waals surface area (Å²) in [6, 6.07) is 10.9. The molecule has 31 heavy (non-hydrogen) atoms. The highest BCUT2D eigenvalue weighted by Crippen LogP contribution is 2.19. The van der Waals surface area contributed by atoms with E-state index in [0.717, 1.165) is 58.1 Å². The summed E-state index contributed by atoms with van der Waals surface area (Å²) in [4.78, 5) is 6.88. The molecule has 176 valence electrons. The first kappa shape index (κ1) is 26.4. The summed E-state index contributed by atoms with van der Waals surface area (Å²) >= 11 is 0. The van der Waals surface area contributed by atoms with Gasteiger partial charge in [-0.2, -0.15) is 0 Å². The minimum atomic E-state index is -0.0616. The van der Waals surface area contributed by atoms with E-state index in [1.165, 1.54) is 12.0 Å². The smallest absolute Gasteiger partial charge is 0.193 e. The number of nitrogens with zero attached hydrogens (tertiary/aromatic N) is 2. The second-order valence-electron chi connectivity index (χ2n) is 9.22. The van der Waals surface area contributed by atoms with Gasteiger partial charge in [-0.15, -0.1) is 24.0 Å². The number of ether oxygens (including phenoxy) is 2. The van der Waals surface area contributed by atoms with E-state index in [4.69, 9.17) is 9.47 Å². The lowest BCUT2D eigenvalue weighted by atomic mass is 10.0. The topological polar surface area (TPSA) is 58.1 Å². The molecule has 2 atom stereocenters. The highest BCUT2D eigenvalue weighted by atomic mass is 127. The average molecular weight is 545 g/mol. The van der Waals surface area contributed by atoms with Crippen molar-refractivity contribution in [3.8, 4) is 0 Å². The summed E-state index contributed by atoms with van der Waals surface area (Å²) in [5.41, 5.74) is 1.24. The molecule has 2 aliphatic rings. The van der Waals surface area contributed by atoms with Crippen LogP contribution in [0.2, 0.25) is 0 Å². The number of guanidine groups is 1. The quantitative estimate of drug-likeness (QED) is 0.295. The first-order valence-electron chi connectivity index (χ1n) is 11.5. The molecule has 1 aromatic carbocycles. The van der Waals surface area contributed by atoms with Crippen LogP contribution >= 0.6 is 24.0 Å². The number of hydrogen-bond donors (Lipinski definition) is 2. The van der Waals surface area contributed by atoms with E-state index in [9.17, 15) is 0 Å². The summed E-state index contributed by atoms with van der Waals surface area (Å²) in [6.07, 6.45) is 5.05. The Hall–Kier alpha value is -0.900. The molecule has 2 N–H and O–H groups in total. The second kappa shape index (κ2) is 13.0. The monoisotopic (exact) mass is 544 g/mol. The Kier molecular flexibility index (Phi) is 11.0. The van der Waals surface area contributed by atoms with Gasteiger partial charge < -0.3 is 25.0 Å². The summed E-state index contributed by atoms with van der Waals surface area (Å²) in [5.74, 6) is 0.981. The molecule has 2 saturated heterocycles. The molecular weight excluding hydrogens is 503 g/mol. The summed E-state index contributed by atoms with van der Waals surface area (Å²) < 4.78 is 11.8. The summed E-state index contributed by atoms with van der Waals surface area (Å²) in [6.45, 7) is 11.1. The van der Waals surface area contributed by atoms with E-state index in [0.29, 0.717) is 18.2 Å². The number of halogens is 1. The Labute approximate surface area is 205 Å². The van der Waals surface area contributed by atoms with Gasteiger partial charge in [0, 0.05) is 44.9 Å². The minimum absolute atomic E-state index is 0. The van der Waals surface area contributed by atoms with Crippen molar-refractivity contribution in [2.45, 2.75) is 70.2 Å². The van der Waals surface area contributed by atoms with Crippen molar-refractivity contribution in [3.63, 3.8) is 0 Å². The van der Waals surface area contributed by atoms with Gasteiger partial charge in [0.2, 0.25) is 0 Å². The third kappa shape index (κ3) is 8.51. The zero-order valence-corrected chi connectivity index (χ0v) is 21.9. The molecular formula is C24H41IN4O2. The minimum Gasteiger partial charge on any atom is -0.376 e. The fraction of sp³-hybridized carbons (Fsp3) is 0.708. The Balaban J connectivity index is 0.00000341. The Bertz CT molecular complexity index is 657. The van der Waals surface area contributed by atoms with E-state index >= 15 is 0 Å². The lowest BCUT2D eigenvalue weighted by molar-refractivity contribution is -0.0367. The van der Waals surface area contributed by atoms with Crippen LogP contribution in [0.1, 0.15) is 58.1 Å². The predicted octanol–water partition coefficient (Wildman–Crippen LogP) is 3.97. The molecule has 6 nitrogen and oxygen atoms in total. The van der Waals surface area contributed by atoms with E-state index in [1.807, 2.05) is 7.05 Å². The number of rotatable bonds is 8. The van der Waals surface area contributed by atoms with Crippen LogP contribution in [0.4, 0.5) is 0 Å². The third-order valence-corrected chi connectivity index (χ3v) is 6.09. The molecule has 0 saturated carbocycles. The van der Waals surface area contributed by atoms with Gasteiger partial charge in [-0.1, -0.05) is 30.3 Å². The van der Waals surface area contributed by atoms with Gasteiger partial charge in [0.05, 0.1) is 18.8 Å². The number of piperidine rings is 1. The second-order valence-corrected chi connectivity index (χ2v) is 9.22. The molecule has 0 spiro atoms. The maximum Gasteiger partial charge on any atom is 0.193 e. The molecule has 0 radical (unpaired) electrons. The fourth-order valence-electron chi connectivity index (χ4n) is 4.35. The van der Waals surface area contributed by atoms with Crippen LogP contribution in [0.15, 0.2) is 35.3 Å². The van der Waals surface area contributed by atoms with Crippen LogP contribution in [0.5, 0.6) is 0 Å². The highest BCUT2D eigenvalue weighted by Gasteiger charge is 2.26. The van der Waals surface area contributed by atoms with Crippen molar-refractivity contribution in [3.05, 3.63) is 35.9 Å². The van der Waals surface area contributed by atoms with Crippen LogP contribution in [-0.4, -0.2) is 68.5 Å². The van der Waals surface area contributed by atoms with Gasteiger partial charge in [-0.05, 0) is 52.0 Å². The van der Waals surface area contributed by atoms with Crippen LogP contribution < -0.4 is 10.6 Å². The van der Waals surface area contributed by atoms with Crippen LogP contribution in [0, 0.1) is 0 Å². The zero-order valence-electron chi connectivity index (χ0n) is 19.6. The molecule has 2 unspecified atom stereocenters. The highest BCUT2D eigenvalue weighted by molar-refractivity contribution is 14.0. The Morgan fingerprint density at radius 2 is 1.94 bits per heavy atom. The van der Waals surface area contributed by atoms with E-state index in [1.54, 1.807) is 0 Å². The number of likely N-dealkylation sites (tertiary alicyclic amines) is 1. The van der Waals surface area contributed by atoms with E-state index < -0.39 is 0 Å². The van der Waals surface area contributed by atoms with Gasteiger partial charge in [-0.3, -0.25) is 4.99 Å². The van der Waals surface area contributed by atoms with E-state index in [-0.39, 0.29) is 29.5 Å². The Morgan fingerprint density at radius 1 is 1.23 bits per heavy atom. The van der Waals surface area contributed by atoms with Crippen molar-refractivity contribution in [1.29, 1.82) is 0 Å². The fourth-order valence-corrected chi connectivity index (χ4v) is 4.35. The molecule has 3 rings (SSSR count). The molecule has 0 aromatic heterocycles.